The van der Waals surface area contributed by atoms with Gasteiger partial charge in [-0.2, -0.15) is 0 Å². The maximum absolute atomic E-state index is 6.49. The van der Waals surface area contributed by atoms with E-state index in [4.69, 9.17) is 10.5 Å². The summed E-state index contributed by atoms with van der Waals surface area (Å²) in [5.74, 6) is 0.955. The Labute approximate surface area is 116 Å². The van der Waals surface area contributed by atoms with Crippen LogP contribution in [0.3, 0.4) is 0 Å². The van der Waals surface area contributed by atoms with E-state index in [0.29, 0.717) is 0 Å². The highest BCUT2D eigenvalue weighted by molar-refractivity contribution is 5.29. The van der Waals surface area contributed by atoms with E-state index in [-0.39, 0.29) is 5.66 Å². The van der Waals surface area contributed by atoms with E-state index in [9.17, 15) is 0 Å². The highest BCUT2D eigenvalue weighted by atomic mass is 16.5. The van der Waals surface area contributed by atoms with Crippen molar-refractivity contribution in [1.29, 1.82) is 0 Å². The molecule has 2 rings (SSSR count). The molecule has 1 aliphatic rings. The van der Waals surface area contributed by atoms with E-state index in [1.165, 1.54) is 18.4 Å². The van der Waals surface area contributed by atoms with Gasteiger partial charge in [0.25, 0.3) is 0 Å². The summed E-state index contributed by atoms with van der Waals surface area (Å²) in [5.41, 5.74) is 7.49. The van der Waals surface area contributed by atoms with Gasteiger partial charge in [-0.05, 0) is 57.0 Å². The van der Waals surface area contributed by atoms with Crippen molar-refractivity contribution in [2.45, 2.75) is 45.2 Å². The maximum Gasteiger partial charge on any atom is 0.119 e. The van der Waals surface area contributed by atoms with Gasteiger partial charge < -0.3 is 10.5 Å². The van der Waals surface area contributed by atoms with Gasteiger partial charge in [0.1, 0.15) is 5.75 Å². The molecule has 0 bridgehead atoms. The molecule has 1 atom stereocenters. The maximum atomic E-state index is 6.49. The number of hydrogen-bond donors (Lipinski definition) is 1. The predicted octanol–water partition coefficient (Wildman–Crippen LogP) is 2.79. The third-order valence-electron chi connectivity index (χ3n) is 3.76. The molecule has 1 fully saturated rings. The van der Waals surface area contributed by atoms with E-state index < -0.39 is 0 Å². The minimum atomic E-state index is -0.250. The van der Waals surface area contributed by atoms with Crippen LogP contribution in [-0.4, -0.2) is 30.3 Å². The highest BCUT2D eigenvalue weighted by Gasteiger charge is 2.29. The lowest BCUT2D eigenvalue weighted by atomic mass is 10.0. The van der Waals surface area contributed by atoms with Gasteiger partial charge in [-0.3, -0.25) is 4.90 Å². The zero-order valence-corrected chi connectivity index (χ0v) is 12.2. The first-order valence-electron chi connectivity index (χ1n) is 7.37. The third kappa shape index (κ3) is 3.95. The number of nitrogens with two attached hydrogens (primary N) is 1. The Hall–Kier alpha value is -1.06. The SMILES string of the molecule is CCCOc1cccc(CC(C)(N)N2CCCC2)c1. The Morgan fingerprint density at radius 3 is 2.74 bits per heavy atom. The summed E-state index contributed by atoms with van der Waals surface area (Å²) in [6.07, 6.45) is 4.45. The Bertz CT molecular complexity index is 397. The molecule has 1 aromatic rings. The molecule has 0 saturated carbocycles. The van der Waals surface area contributed by atoms with Crippen LogP contribution in [-0.2, 0) is 6.42 Å². The van der Waals surface area contributed by atoms with Crippen LogP contribution < -0.4 is 10.5 Å². The number of hydrogen-bond acceptors (Lipinski definition) is 3. The minimum Gasteiger partial charge on any atom is -0.494 e. The lowest BCUT2D eigenvalue weighted by Crippen LogP contribution is -2.53. The minimum absolute atomic E-state index is 0.250. The summed E-state index contributed by atoms with van der Waals surface area (Å²) < 4.78 is 5.68. The molecule has 0 aromatic heterocycles. The summed E-state index contributed by atoms with van der Waals surface area (Å²) in [7, 11) is 0. The molecule has 3 nitrogen and oxygen atoms in total. The van der Waals surface area contributed by atoms with Crippen molar-refractivity contribution in [2.24, 2.45) is 5.73 Å². The molecule has 2 N–H and O–H groups in total. The summed E-state index contributed by atoms with van der Waals surface area (Å²) in [4.78, 5) is 2.40. The fourth-order valence-corrected chi connectivity index (χ4v) is 2.72. The fraction of sp³-hybridized carbons (Fsp3) is 0.625. The molecule has 0 radical (unpaired) electrons. The Kier molecular flexibility index (Phi) is 4.83. The average Bonchev–Trinajstić information content (AvgIpc) is 2.91. The van der Waals surface area contributed by atoms with E-state index in [1.54, 1.807) is 0 Å². The van der Waals surface area contributed by atoms with Crippen LogP contribution in [0.5, 0.6) is 5.75 Å². The first-order chi connectivity index (χ1) is 9.12. The van der Waals surface area contributed by atoms with Crippen molar-refractivity contribution >= 4 is 0 Å². The molecule has 0 amide bonds. The van der Waals surface area contributed by atoms with E-state index in [2.05, 4.69) is 36.9 Å². The van der Waals surface area contributed by atoms with Crippen LogP contribution >= 0.6 is 0 Å². The van der Waals surface area contributed by atoms with Crippen molar-refractivity contribution < 1.29 is 4.74 Å². The fourth-order valence-electron chi connectivity index (χ4n) is 2.72. The molecule has 1 aromatic carbocycles. The smallest absolute Gasteiger partial charge is 0.119 e. The molecule has 1 aliphatic heterocycles. The van der Waals surface area contributed by atoms with Gasteiger partial charge >= 0.3 is 0 Å². The number of rotatable bonds is 6. The number of likely N-dealkylation sites (tertiary alicyclic amines) is 1. The summed E-state index contributed by atoms with van der Waals surface area (Å²) in [6, 6.07) is 8.33. The van der Waals surface area contributed by atoms with Crippen LogP contribution in [0, 0.1) is 0 Å². The second-order valence-corrected chi connectivity index (χ2v) is 5.72. The standard InChI is InChI=1S/C16H26N2O/c1-3-11-19-15-8-6-7-14(12-15)13-16(2,17)18-9-4-5-10-18/h6-8,12H,3-5,9-11,13,17H2,1-2H3. The van der Waals surface area contributed by atoms with Crippen LogP contribution in [0.1, 0.15) is 38.7 Å². The largest absolute Gasteiger partial charge is 0.494 e. The Balaban J connectivity index is 2.01. The average molecular weight is 262 g/mol. The van der Waals surface area contributed by atoms with Crippen molar-refractivity contribution in [3.05, 3.63) is 29.8 Å². The zero-order valence-electron chi connectivity index (χ0n) is 12.2. The van der Waals surface area contributed by atoms with Crippen molar-refractivity contribution in [2.75, 3.05) is 19.7 Å². The molecular formula is C16H26N2O. The second-order valence-electron chi connectivity index (χ2n) is 5.72. The number of nitrogens with zero attached hydrogens (tertiary/aromatic N) is 1. The molecule has 3 heteroatoms. The van der Waals surface area contributed by atoms with Gasteiger partial charge in [-0.15, -0.1) is 0 Å². The number of benzene rings is 1. The van der Waals surface area contributed by atoms with Gasteiger partial charge in [-0.25, -0.2) is 0 Å². The van der Waals surface area contributed by atoms with Crippen LogP contribution in [0.25, 0.3) is 0 Å². The van der Waals surface area contributed by atoms with Gasteiger partial charge in [0.2, 0.25) is 0 Å². The van der Waals surface area contributed by atoms with E-state index >= 15 is 0 Å². The molecule has 0 spiro atoms. The molecular weight excluding hydrogens is 236 g/mol. The first-order valence-corrected chi connectivity index (χ1v) is 7.37. The van der Waals surface area contributed by atoms with Gasteiger partial charge in [0.05, 0.1) is 12.3 Å². The van der Waals surface area contributed by atoms with Crippen LogP contribution in [0.15, 0.2) is 24.3 Å². The van der Waals surface area contributed by atoms with Crippen LogP contribution in [0.4, 0.5) is 0 Å². The zero-order chi connectivity index (χ0) is 13.7. The number of ether oxygens (including phenoxy) is 1. The van der Waals surface area contributed by atoms with Gasteiger partial charge in [0.15, 0.2) is 0 Å². The van der Waals surface area contributed by atoms with Gasteiger partial charge in [0, 0.05) is 6.42 Å². The third-order valence-corrected chi connectivity index (χ3v) is 3.76. The predicted molar refractivity (Wildman–Crippen MR) is 79.3 cm³/mol. The normalized spacial score (nSPS) is 19.3. The highest BCUT2D eigenvalue weighted by Crippen LogP contribution is 2.23. The Morgan fingerprint density at radius 1 is 1.32 bits per heavy atom. The van der Waals surface area contributed by atoms with Crippen molar-refractivity contribution in [1.82, 2.24) is 4.90 Å². The quantitative estimate of drug-likeness (QED) is 0.856. The molecule has 1 heterocycles. The van der Waals surface area contributed by atoms with Gasteiger partial charge in [-0.1, -0.05) is 19.1 Å². The molecule has 0 aliphatic carbocycles. The monoisotopic (exact) mass is 262 g/mol. The van der Waals surface area contributed by atoms with Crippen molar-refractivity contribution in [3.8, 4) is 5.75 Å². The molecule has 1 unspecified atom stereocenters. The molecule has 106 valence electrons. The summed E-state index contributed by atoms with van der Waals surface area (Å²) >= 11 is 0. The molecule has 19 heavy (non-hydrogen) atoms. The van der Waals surface area contributed by atoms with E-state index in [0.717, 1.165) is 38.3 Å². The lowest BCUT2D eigenvalue weighted by molar-refractivity contribution is 0.141. The van der Waals surface area contributed by atoms with E-state index in [1.807, 2.05) is 6.07 Å². The summed E-state index contributed by atoms with van der Waals surface area (Å²) in [6.45, 7) is 7.28. The molecule has 1 saturated heterocycles. The second kappa shape index (κ2) is 6.40. The van der Waals surface area contributed by atoms with Crippen LogP contribution in [0.2, 0.25) is 0 Å². The topological polar surface area (TPSA) is 38.5 Å². The lowest BCUT2D eigenvalue weighted by Gasteiger charge is -2.35. The summed E-state index contributed by atoms with van der Waals surface area (Å²) in [5, 5.41) is 0. The Morgan fingerprint density at radius 2 is 2.05 bits per heavy atom. The first kappa shape index (κ1) is 14.4. The van der Waals surface area contributed by atoms with Crippen molar-refractivity contribution in [3.63, 3.8) is 0 Å².